The highest BCUT2D eigenvalue weighted by Crippen LogP contribution is 2.44. The number of hydrogen-bond acceptors (Lipinski definition) is 3. The Labute approximate surface area is 109 Å². The van der Waals surface area contributed by atoms with Crippen molar-refractivity contribution in [3.63, 3.8) is 0 Å². The maximum atomic E-state index is 13.1. The summed E-state index contributed by atoms with van der Waals surface area (Å²) in [4.78, 5) is 24.3. The first-order valence-corrected chi connectivity index (χ1v) is 6.88. The minimum Gasteiger partial charge on any atom is -0.312 e. The van der Waals surface area contributed by atoms with E-state index in [9.17, 15) is 14.0 Å². The first kappa shape index (κ1) is 12.6. The Kier molecular flexibility index (Phi) is 3.26. The number of H-pyrrole nitrogens is 1. The van der Waals surface area contributed by atoms with Crippen molar-refractivity contribution in [1.29, 1.82) is 0 Å². The quantitative estimate of drug-likeness (QED) is 0.786. The normalized spacial score (nSPS) is 19.1. The second-order valence-electron chi connectivity index (χ2n) is 5.58. The smallest absolute Gasteiger partial charge is 0.312 e. The maximum absolute atomic E-state index is 13.1. The molecule has 1 heterocycles. The summed E-state index contributed by atoms with van der Waals surface area (Å²) in [5, 5.41) is 3.48. The second-order valence-corrected chi connectivity index (χ2v) is 5.58. The average molecular weight is 267 g/mol. The van der Waals surface area contributed by atoms with Crippen molar-refractivity contribution in [3.8, 4) is 0 Å². The molecule has 0 saturated heterocycles. The largest absolute Gasteiger partial charge is 0.328 e. The summed E-state index contributed by atoms with van der Waals surface area (Å²) < 4.78 is 14.3. The van der Waals surface area contributed by atoms with E-state index in [-0.39, 0.29) is 0 Å². The minimum atomic E-state index is -0.956. The van der Waals surface area contributed by atoms with Gasteiger partial charge in [0.15, 0.2) is 0 Å². The van der Waals surface area contributed by atoms with E-state index in [0.29, 0.717) is 19.1 Å². The van der Waals surface area contributed by atoms with E-state index in [1.54, 1.807) is 0 Å². The molecule has 2 N–H and O–H groups in total. The summed E-state index contributed by atoms with van der Waals surface area (Å²) in [5.41, 5.74) is -1.51. The first-order valence-electron chi connectivity index (χ1n) is 6.88. The van der Waals surface area contributed by atoms with E-state index in [4.69, 9.17) is 0 Å². The highest BCUT2D eigenvalue weighted by atomic mass is 19.1. The molecule has 0 amide bonds. The highest BCUT2D eigenvalue weighted by Gasteiger charge is 2.40. The maximum Gasteiger partial charge on any atom is 0.328 e. The Morgan fingerprint density at radius 2 is 1.95 bits per heavy atom. The van der Waals surface area contributed by atoms with Gasteiger partial charge < -0.3 is 5.32 Å². The van der Waals surface area contributed by atoms with Crippen LogP contribution in [0.15, 0.2) is 15.8 Å². The number of rotatable bonds is 6. The highest BCUT2D eigenvalue weighted by molar-refractivity contribution is 4.96. The lowest BCUT2D eigenvalue weighted by Crippen LogP contribution is -2.38. The van der Waals surface area contributed by atoms with E-state index < -0.39 is 17.1 Å². The summed E-state index contributed by atoms with van der Waals surface area (Å²) in [6.45, 7) is 1.01. The lowest BCUT2D eigenvalue weighted by atomic mass is 10.1. The zero-order valence-electron chi connectivity index (χ0n) is 10.7. The molecule has 104 valence electrons. The molecule has 2 saturated carbocycles. The molecule has 1 aromatic rings. The van der Waals surface area contributed by atoms with Crippen molar-refractivity contribution in [1.82, 2.24) is 14.9 Å². The molecular formula is C13H18FN3O2. The lowest BCUT2D eigenvalue weighted by Gasteiger charge is -2.17. The predicted octanol–water partition coefficient (Wildman–Crippen LogP) is 0.454. The van der Waals surface area contributed by atoms with Crippen molar-refractivity contribution < 1.29 is 4.39 Å². The summed E-state index contributed by atoms with van der Waals surface area (Å²) >= 11 is 0. The predicted molar refractivity (Wildman–Crippen MR) is 68.5 cm³/mol. The Balaban J connectivity index is 1.58. The molecule has 0 aromatic carbocycles. The zero-order chi connectivity index (χ0) is 13.4. The Hall–Kier alpha value is -1.43. The van der Waals surface area contributed by atoms with Gasteiger partial charge in [-0.15, -0.1) is 0 Å². The van der Waals surface area contributed by atoms with Gasteiger partial charge in [0.1, 0.15) is 0 Å². The third kappa shape index (κ3) is 2.94. The van der Waals surface area contributed by atoms with E-state index in [0.717, 1.165) is 18.0 Å². The number of nitrogens with zero attached hydrogens (tertiary/aromatic N) is 1. The fraction of sp³-hybridized carbons (Fsp3) is 0.692. The summed E-state index contributed by atoms with van der Waals surface area (Å²) in [6.07, 6.45) is 6.15. The zero-order valence-corrected chi connectivity index (χ0v) is 10.7. The third-order valence-electron chi connectivity index (χ3n) is 3.96. The van der Waals surface area contributed by atoms with Crippen LogP contribution in [0.4, 0.5) is 4.39 Å². The van der Waals surface area contributed by atoms with Crippen molar-refractivity contribution >= 4 is 0 Å². The number of halogens is 1. The molecule has 19 heavy (non-hydrogen) atoms. The molecule has 2 fully saturated rings. The summed E-state index contributed by atoms with van der Waals surface area (Å²) in [5.74, 6) is 0.661. The monoisotopic (exact) mass is 267 g/mol. The van der Waals surface area contributed by atoms with Gasteiger partial charge in [-0.3, -0.25) is 14.3 Å². The number of nitrogens with one attached hydrogen (secondary N) is 2. The second kappa shape index (κ2) is 4.92. The van der Waals surface area contributed by atoms with Crippen LogP contribution in [0.25, 0.3) is 0 Å². The van der Waals surface area contributed by atoms with Gasteiger partial charge in [0.2, 0.25) is 5.82 Å². The van der Waals surface area contributed by atoms with Crippen LogP contribution < -0.4 is 16.6 Å². The molecule has 2 aliphatic rings. The average Bonchev–Trinajstić information content (AvgIpc) is 3.24. The molecule has 0 radical (unpaired) electrons. The van der Waals surface area contributed by atoms with Crippen molar-refractivity contribution in [2.45, 2.75) is 38.3 Å². The van der Waals surface area contributed by atoms with Crippen molar-refractivity contribution in [3.05, 3.63) is 32.9 Å². The van der Waals surface area contributed by atoms with Gasteiger partial charge in [-0.1, -0.05) is 0 Å². The summed E-state index contributed by atoms with van der Waals surface area (Å²) in [6, 6.07) is 0.559. The van der Waals surface area contributed by atoms with Crippen LogP contribution in [0.5, 0.6) is 0 Å². The molecule has 1 aromatic heterocycles. The van der Waals surface area contributed by atoms with Crippen LogP contribution in [0, 0.1) is 17.7 Å². The number of hydrogen-bond donors (Lipinski definition) is 2. The van der Waals surface area contributed by atoms with Crippen LogP contribution in [0.1, 0.15) is 25.7 Å². The van der Waals surface area contributed by atoms with Gasteiger partial charge in [0.25, 0.3) is 5.56 Å². The van der Waals surface area contributed by atoms with E-state index in [1.807, 2.05) is 4.98 Å². The van der Waals surface area contributed by atoms with Gasteiger partial charge in [0, 0.05) is 19.1 Å². The molecule has 0 aliphatic heterocycles. The van der Waals surface area contributed by atoms with Gasteiger partial charge >= 0.3 is 5.69 Å². The number of aromatic amines is 1. The topological polar surface area (TPSA) is 66.9 Å². The van der Waals surface area contributed by atoms with Crippen LogP contribution in [0.2, 0.25) is 0 Å². The standard InChI is InChI=1S/C13H18FN3O2/c14-10-7-17(13(19)16-12(10)18)6-5-15-11(8-1-2-8)9-3-4-9/h7-9,11,15H,1-6H2,(H,16,18,19). The van der Waals surface area contributed by atoms with Crippen LogP contribution in [-0.2, 0) is 6.54 Å². The molecule has 0 unspecified atom stereocenters. The van der Waals surface area contributed by atoms with Crippen molar-refractivity contribution in [2.24, 2.45) is 11.8 Å². The molecule has 6 heteroatoms. The van der Waals surface area contributed by atoms with Gasteiger partial charge in [0.05, 0.1) is 6.20 Å². The Bertz CT molecular complexity index is 560. The van der Waals surface area contributed by atoms with Crippen LogP contribution in [-0.4, -0.2) is 22.1 Å². The van der Waals surface area contributed by atoms with Crippen molar-refractivity contribution in [2.75, 3.05) is 6.54 Å². The van der Waals surface area contributed by atoms with Crippen LogP contribution in [0.3, 0.4) is 0 Å². The van der Waals surface area contributed by atoms with Gasteiger partial charge in [-0.25, -0.2) is 4.79 Å². The van der Waals surface area contributed by atoms with Gasteiger partial charge in [-0.05, 0) is 37.5 Å². The van der Waals surface area contributed by atoms with E-state index >= 15 is 0 Å². The third-order valence-corrected chi connectivity index (χ3v) is 3.96. The lowest BCUT2D eigenvalue weighted by molar-refractivity contribution is 0.402. The fourth-order valence-electron chi connectivity index (χ4n) is 2.63. The Morgan fingerprint density at radius 1 is 1.32 bits per heavy atom. The van der Waals surface area contributed by atoms with E-state index in [2.05, 4.69) is 5.32 Å². The molecular weight excluding hydrogens is 249 g/mol. The molecule has 5 nitrogen and oxygen atoms in total. The molecule has 0 bridgehead atoms. The van der Waals surface area contributed by atoms with Gasteiger partial charge in [-0.2, -0.15) is 4.39 Å². The molecule has 0 spiro atoms. The summed E-state index contributed by atoms with van der Waals surface area (Å²) in [7, 11) is 0. The van der Waals surface area contributed by atoms with Crippen LogP contribution >= 0.6 is 0 Å². The Morgan fingerprint density at radius 3 is 2.53 bits per heavy atom. The fourth-order valence-corrected chi connectivity index (χ4v) is 2.63. The first-order chi connectivity index (χ1) is 9.15. The van der Waals surface area contributed by atoms with E-state index in [1.165, 1.54) is 30.3 Å². The SMILES string of the molecule is O=c1[nH]c(=O)n(CCNC(C2CC2)C2CC2)cc1F. The minimum absolute atomic E-state index is 0.377. The molecule has 0 atom stereocenters. The molecule has 3 rings (SSSR count). The number of aromatic nitrogens is 2. The molecule has 2 aliphatic carbocycles.